The summed E-state index contributed by atoms with van der Waals surface area (Å²) in [6, 6.07) is 155. The molecule has 0 amide bonds. The Hall–Kier alpha value is -16.2. The van der Waals surface area contributed by atoms with Crippen LogP contribution in [0.2, 0.25) is 0 Å². The van der Waals surface area contributed by atoms with Crippen molar-refractivity contribution in [2.24, 2.45) is 0 Å². The van der Waals surface area contributed by atoms with Crippen LogP contribution in [0.3, 0.4) is 0 Å². The van der Waals surface area contributed by atoms with Crippen molar-refractivity contribution in [2.45, 2.75) is 30.1 Å². The molecule has 125 heavy (non-hydrogen) atoms. The Bertz CT molecular complexity index is 6980. The Balaban J connectivity index is 0.000000111. The van der Waals surface area contributed by atoms with Crippen molar-refractivity contribution in [3.63, 3.8) is 0 Å². The van der Waals surface area contributed by atoms with Gasteiger partial charge in [-0.05, 0) is 117 Å². The largest absolute Gasteiger partial charge is 0.208 e. The molecule has 4 aliphatic rings. The van der Waals surface area contributed by atoms with Crippen LogP contribution < -0.4 is 0 Å². The maximum Gasteiger partial charge on any atom is 0.164 e. The standard InChI is InChI=1S/C40H25N3.C40H27N3.C36H27N3/c1-3-14-26(15-4-1)37-41-38(27-16-5-2-6-17-27)43-39(42-37)31-21-13-25-35-36(31)30-20-9-12-24-34(30)40(35)32-22-10-7-18-28(32)29-19-8-11-23-33(29)40;1-5-16-28(17-6-1)37-41-38(29-18-7-2-8-19-29)43-39(42-37)33-25-15-27-35-36(33)32-24-13-14-26-34(32)40(35,30-20-9-3-10-21-30)31-22-11-4-12-23-31;1-36(2)31-16-10-9-15-29(31)30-22-21-28(23-32(30)36)24-17-19-27(20-18-24)35-38-33(25-11-5-3-6-12-25)37-34(39-35)26-13-7-4-8-14-26/h1-25H;1-27H;3-23H,1-2H3. The quantitative estimate of drug-likeness (QED) is 0.118. The molecule has 17 aromatic carbocycles. The van der Waals surface area contributed by atoms with Crippen molar-refractivity contribution in [3.05, 3.63) is 498 Å². The Kier molecular flexibility index (Phi) is 18.9. The van der Waals surface area contributed by atoms with Gasteiger partial charge in [-0.2, -0.15) is 0 Å². The monoisotopic (exact) mass is 1600 g/mol. The van der Waals surface area contributed by atoms with E-state index in [1.807, 2.05) is 133 Å². The van der Waals surface area contributed by atoms with Crippen molar-refractivity contribution >= 4 is 0 Å². The van der Waals surface area contributed by atoms with Crippen molar-refractivity contribution in [1.82, 2.24) is 44.9 Å². The maximum absolute atomic E-state index is 5.13. The lowest BCUT2D eigenvalue weighted by Crippen LogP contribution is -2.28. The van der Waals surface area contributed by atoms with E-state index in [9.17, 15) is 0 Å². The fraction of sp³-hybridized carbons (Fsp3) is 0.0431. The molecule has 4 aliphatic carbocycles. The Labute approximate surface area is 726 Å². The fourth-order valence-corrected chi connectivity index (χ4v) is 19.5. The molecule has 1 spiro atoms. The number of aromatic nitrogens is 9. The lowest BCUT2D eigenvalue weighted by atomic mass is 9.67. The van der Waals surface area contributed by atoms with E-state index in [1.165, 1.54) is 106 Å². The van der Waals surface area contributed by atoms with Gasteiger partial charge in [0.05, 0.1) is 10.8 Å². The van der Waals surface area contributed by atoms with Crippen LogP contribution in [0.5, 0.6) is 0 Å². The second kappa shape index (κ2) is 31.4. The number of benzene rings is 17. The van der Waals surface area contributed by atoms with E-state index in [1.54, 1.807) is 0 Å². The van der Waals surface area contributed by atoms with E-state index in [2.05, 4.69) is 323 Å². The summed E-state index contributed by atoms with van der Waals surface area (Å²) in [4.78, 5) is 44.9. The van der Waals surface area contributed by atoms with Crippen LogP contribution >= 0.6 is 0 Å². The fourth-order valence-electron chi connectivity index (χ4n) is 19.5. The first kappa shape index (κ1) is 75.0. The highest BCUT2D eigenvalue weighted by molar-refractivity contribution is 6.00. The van der Waals surface area contributed by atoms with E-state index in [0.29, 0.717) is 52.4 Å². The lowest BCUT2D eigenvalue weighted by molar-refractivity contribution is 0.660. The van der Waals surface area contributed by atoms with Crippen LogP contribution in [-0.4, -0.2) is 44.9 Å². The van der Waals surface area contributed by atoms with Crippen LogP contribution in [-0.2, 0) is 16.2 Å². The van der Waals surface area contributed by atoms with Crippen molar-refractivity contribution in [2.75, 3.05) is 0 Å². The lowest BCUT2D eigenvalue weighted by Gasteiger charge is -2.33. The van der Waals surface area contributed by atoms with Gasteiger partial charge in [-0.1, -0.05) is 451 Å². The second-order valence-corrected chi connectivity index (χ2v) is 32.5. The summed E-state index contributed by atoms with van der Waals surface area (Å²) in [6.45, 7) is 4.64. The van der Waals surface area contributed by atoms with Crippen molar-refractivity contribution < 1.29 is 0 Å². The van der Waals surface area contributed by atoms with Crippen LogP contribution in [0.15, 0.2) is 443 Å². The number of fused-ring (bicyclic) bond motifs is 16. The second-order valence-electron chi connectivity index (χ2n) is 32.5. The molecular weight excluding hydrogens is 1520 g/mol. The van der Waals surface area contributed by atoms with Gasteiger partial charge in [0.2, 0.25) is 0 Å². The van der Waals surface area contributed by atoms with Crippen LogP contribution in [0.1, 0.15) is 69.5 Å². The zero-order chi connectivity index (χ0) is 83.4. The summed E-state index contributed by atoms with van der Waals surface area (Å²) in [5, 5.41) is 0. The van der Waals surface area contributed by atoms with Crippen LogP contribution in [0, 0.1) is 0 Å². The van der Waals surface area contributed by atoms with Crippen LogP contribution in [0.25, 0.3) is 158 Å². The Morgan fingerprint density at radius 3 is 0.720 bits per heavy atom. The molecule has 24 rings (SSSR count). The van der Waals surface area contributed by atoms with Crippen molar-refractivity contribution in [3.8, 4) is 158 Å². The first-order valence-electron chi connectivity index (χ1n) is 42.5. The van der Waals surface area contributed by atoms with Gasteiger partial charge in [0, 0.05) is 55.5 Å². The third kappa shape index (κ3) is 12.9. The molecule has 3 heterocycles. The molecule has 0 N–H and O–H groups in total. The topological polar surface area (TPSA) is 116 Å². The number of hydrogen-bond acceptors (Lipinski definition) is 9. The minimum Gasteiger partial charge on any atom is -0.208 e. The summed E-state index contributed by atoms with van der Waals surface area (Å²) < 4.78 is 0. The summed E-state index contributed by atoms with van der Waals surface area (Å²) in [5.41, 5.74) is 33.2. The number of rotatable bonds is 12. The molecular formula is C116H79N9. The first-order chi connectivity index (χ1) is 61.7. The molecule has 588 valence electrons. The van der Waals surface area contributed by atoms with Gasteiger partial charge in [-0.3, -0.25) is 0 Å². The molecule has 9 heteroatoms. The normalized spacial score (nSPS) is 13.1. The molecule has 0 fully saturated rings. The molecule has 0 unspecified atom stereocenters. The molecule has 0 atom stereocenters. The number of nitrogens with zero attached hydrogens (tertiary/aromatic N) is 9. The van der Waals surface area contributed by atoms with E-state index in [-0.39, 0.29) is 5.41 Å². The van der Waals surface area contributed by atoms with E-state index >= 15 is 0 Å². The van der Waals surface area contributed by atoms with Gasteiger partial charge in [0.25, 0.3) is 0 Å². The smallest absolute Gasteiger partial charge is 0.164 e. The Morgan fingerprint density at radius 2 is 0.368 bits per heavy atom. The van der Waals surface area contributed by atoms with Gasteiger partial charge < -0.3 is 0 Å². The molecule has 3 aromatic heterocycles. The first-order valence-corrected chi connectivity index (χ1v) is 42.5. The highest BCUT2D eigenvalue weighted by atomic mass is 15.1. The third-order valence-corrected chi connectivity index (χ3v) is 25.1. The van der Waals surface area contributed by atoms with Gasteiger partial charge in [-0.15, -0.1) is 0 Å². The predicted molar refractivity (Wildman–Crippen MR) is 505 cm³/mol. The number of hydrogen-bond donors (Lipinski definition) is 0. The summed E-state index contributed by atoms with van der Waals surface area (Å²) in [7, 11) is 0. The van der Waals surface area contributed by atoms with Gasteiger partial charge in [0.15, 0.2) is 52.4 Å². The highest BCUT2D eigenvalue weighted by Gasteiger charge is 2.53. The average Bonchev–Trinajstić information content (AvgIpc) is 1.51. The van der Waals surface area contributed by atoms with E-state index in [4.69, 9.17) is 44.9 Å². The molecule has 0 saturated carbocycles. The van der Waals surface area contributed by atoms with E-state index < -0.39 is 10.8 Å². The average molecular weight is 1600 g/mol. The summed E-state index contributed by atoms with van der Waals surface area (Å²) in [6.07, 6.45) is 0. The maximum atomic E-state index is 5.13. The minimum absolute atomic E-state index is 0.0194. The molecule has 20 aromatic rings. The summed E-state index contributed by atoms with van der Waals surface area (Å²) in [5.74, 6) is 6.00. The highest BCUT2D eigenvalue weighted by Crippen LogP contribution is 2.65. The van der Waals surface area contributed by atoms with Crippen LogP contribution in [0.4, 0.5) is 0 Å². The predicted octanol–water partition coefficient (Wildman–Crippen LogP) is 27.3. The van der Waals surface area contributed by atoms with Gasteiger partial charge in [0.1, 0.15) is 0 Å². The zero-order valence-electron chi connectivity index (χ0n) is 68.7. The molecule has 9 nitrogen and oxygen atoms in total. The molecule has 0 bridgehead atoms. The SMILES string of the molecule is CC1(C)c2ccccc2-c2ccc(-c3ccc(-c4nc(-c5ccccc5)nc(-c5ccccc5)n4)cc3)cc21.c1ccc(-c2nc(-c3ccccc3)nc(-c3cccc4c3-c3ccccc3C4(c3ccccc3)c3ccccc3)n2)cc1.c1ccc(-c2nc(-c3ccccc3)nc(-c3cccc4c3-c3ccccc3C43c4ccccc4-c4ccccc43)n2)cc1. The molecule has 0 aliphatic heterocycles. The zero-order valence-corrected chi connectivity index (χ0v) is 68.7. The van der Waals surface area contributed by atoms with Crippen molar-refractivity contribution in [1.29, 1.82) is 0 Å². The Morgan fingerprint density at radius 1 is 0.144 bits per heavy atom. The van der Waals surface area contributed by atoms with Gasteiger partial charge in [-0.25, -0.2) is 44.9 Å². The van der Waals surface area contributed by atoms with Gasteiger partial charge >= 0.3 is 0 Å². The molecule has 0 radical (unpaired) electrons. The third-order valence-electron chi connectivity index (χ3n) is 25.1. The minimum atomic E-state index is -0.484. The molecule has 0 saturated heterocycles. The summed E-state index contributed by atoms with van der Waals surface area (Å²) >= 11 is 0. The van der Waals surface area contributed by atoms with E-state index in [0.717, 1.165) is 55.6 Å².